The van der Waals surface area contributed by atoms with Gasteiger partial charge in [0.05, 0.1) is 0 Å². The van der Waals surface area contributed by atoms with Gasteiger partial charge in [-0.1, -0.05) is 44.2 Å². The molecule has 2 heteroatoms. The first-order chi connectivity index (χ1) is 7.83. The maximum atomic E-state index is 4.44. The van der Waals surface area contributed by atoms with Gasteiger partial charge in [-0.2, -0.15) is 0 Å². The standard InChI is InChI=1S/C14H22N2/c1-4-11-16(12-5-2)14(15-3)13-9-7-6-8-10-13/h6-10H,4-5,11-12H2,1-3H3. The van der Waals surface area contributed by atoms with Crippen LogP contribution < -0.4 is 0 Å². The van der Waals surface area contributed by atoms with Crippen molar-refractivity contribution in [1.82, 2.24) is 4.90 Å². The zero-order valence-electron chi connectivity index (χ0n) is 10.6. The van der Waals surface area contributed by atoms with E-state index in [9.17, 15) is 0 Å². The zero-order chi connectivity index (χ0) is 11.8. The fourth-order valence-electron chi connectivity index (χ4n) is 1.90. The molecule has 1 rings (SSSR count). The van der Waals surface area contributed by atoms with E-state index >= 15 is 0 Å². The van der Waals surface area contributed by atoms with Crippen molar-refractivity contribution in [2.75, 3.05) is 20.1 Å². The molecule has 1 aromatic rings. The molecule has 0 atom stereocenters. The molecule has 0 radical (unpaired) electrons. The van der Waals surface area contributed by atoms with Gasteiger partial charge in [-0.25, -0.2) is 0 Å². The molecule has 88 valence electrons. The lowest BCUT2D eigenvalue weighted by Crippen LogP contribution is -2.33. The Bertz CT molecular complexity index is 311. The maximum absolute atomic E-state index is 4.44. The zero-order valence-corrected chi connectivity index (χ0v) is 10.6. The topological polar surface area (TPSA) is 15.6 Å². The van der Waals surface area contributed by atoms with Gasteiger partial charge in [-0.15, -0.1) is 0 Å². The van der Waals surface area contributed by atoms with Crippen molar-refractivity contribution in [2.24, 2.45) is 4.99 Å². The average molecular weight is 218 g/mol. The molecule has 0 fully saturated rings. The Morgan fingerprint density at radius 3 is 2.06 bits per heavy atom. The van der Waals surface area contributed by atoms with Crippen molar-refractivity contribution in [3.8, 4) is 0 Å². The van der Waals surface area contributed by atoms with Gasteiger partial charge in [0.1, 0.15) is 5.84 Å². The summed E-state index contributed by atoms with van der Waals surface area (Å²) < 4.78 is 0. The molecule has 0 bridgehead atoms. The van der Waals surface area contributed by atoms with Crippen molar-refractivity contribution in [3.63, 3.8) is 0 Å². The second-order valence-corrected chi connectivity index (χ2v) is 3.90. The van der Waals surface area contributed by atoms with Gasteiger partial charge in [0.15, 0.2) is 0 Å². The number of amidine groups is 1. The van der Waals surface area contributed by atoms with Crippen LogP contribution in [0.25, 0.3) is 0 Å². The summed E-state index contributed by atoms with van der Waals surface area (Å²) in [5.74, 6) is 1.12. The van der Waals surface area contributed by atoms with Gasteiger partial charge < -0.3 is 4.90 Å². The third-order valence-electron chi connectivity index (χ3n) is 2.53. The van der Waals surface area contributed by atoms with Gasteiger partial charge in [-0.3, -0.25) is 4.99 Å². The van der Waals surface area contributed by atoms with E-state index < -0.39 is 0 Å². The summed E-state index contributed by atoms with van der Waals surface area (Å²) in [5, 5.41) is 0. The van der Waals surface area contributed by atoms with E-state index in [-0.39, 0.29) is 0 Å². The molecule has 0 N–H and O–H groups in total. The molecule has 0 amide bonds. The van der Waals surface area contributed by atoms with E-state index in [0.29, 0.717) is 0 Å². The summed E-state index contributed by atoms with van der Waals surface area (Å²) in [6.07, 6.45) is 2.32. The highest BCUT2D eigenvalue weighted by atomic mass is 15.2. The molecule has 0 spiro atoms. The Balaban J connectivity index is 2.87. The third-order valence-corrected chi connectivity index (χ3v) is 2.53. The Morgan fingerprint density at radius 2 is 1.62 bits per heavy atom. The average Bonchev–Trinajstić information content (AvgIpc) is 2.32. The van der Waals surface area contributed by atoms with Crippen LogP contribution in [0.15, 0.2) is 35.3 Å². The third kappa shape index (κ3) is 3.37. The van der Waals surface area contributed by atoms with E-state index in [1.807, 2.05) is 13.1 Å². The van der Waals surface area contributed by atoms with Crippen LogP contribution in [0.1, 0.15) is 32.3 Å². The van der Waals surface area contributed by atoms with Crippen molar-refractivity contribution in [3.05, 3.63) is 35.9 Å². The summed E-state index contributed by atoms with van der Waals surface area (Å²) in [5.41, 5.74) is 1.21. The number of nitrogens with zero attached hydrogens (tertiary/aromatic N) is 2. The molecule has 2 nitrogen and oxygen atoms in total. The Hall–Kier alpha value is -1.31. The van der Waals surface area contributed by atoms with Crippen LogP contribution in [0.4, 0.5) is 0 Å². The van der Waals surface area contributed by atoms with E-state index in [4.69, 9.17) is 0 Å². The highest BCUT2D eigenvalue weighted by molar-refractivity contribution is 5.98. The van der Waals surface area contributed by atoms with E-state index in [0.717, 1.165) is 31.8 Å². The molecule has 1 aromatic carbocycles. The summed E-state index contributed by atoms with van der Waals surface area (Å²) >= 11 is 0. The molecule has 0 aliphatic heterocycles. The quantitative estimate of drug-likeness (QED) is 0.547. The first kappa shape index (κ1) is 12.8. The smallest absolute Gasteiger partial charge is 0.130 e. The number of aliphatic imine (C=N–C) groups is 1. The molecule has 16 heavy (non-hydrogen) atoms. The second-order valence-electron chi connectivity index (χ2n) is 3.90. The minimum atomic E-state index is 1.08. The number of hydrogen-bond acceptors (Lipinski definition) is 1. The molecule has 0 unspecified atom stereocenters. The van der Waals surface area contributed by atoms with Crippen molar-refractivity contribution in [1.29, 1.82) is 0 Å². The number of hydrogen-bond donors (Lipinski definition) is 0. The summed E-state index contributed by atoms with van der Waals surface area (Å²) in [6, 6.07) is 10.4. The molecule has 0 aromatic heterocycles. The lowest BCUT2D eigenvalue weighted by atomic mass is 10.2. The van der Waals surface area contributed by atoms with E-state index in [2.05, 4.69) is 48.0 Å². The van der Waals surface area contributed by atoms with Crippen LogP contribution in [0.5, 0.6) is 0 Å². The molecule has 0 aliphatic rings. The van der Waals surface area contributed by atoms with Crippen LogP contribution in [0.3, 0.4) is 0 Å². The fraction of sp³-hybridized carbons (Fsp3) is 0.500. The van der Waals surface area contributed by atoms with Crippen LogP contribution >= 0.6 is 0 Å². The second kappa shape index (κ2) is 7.04. The van der Waals surface area contributed by atoms with E-state index in [1.165, 1.54) is 5.56 Å². The van der Waals surface area contributed by atoms with Crippen LogP contribution in [0.2, 0.25) is 0 Å². The normalized spacial score (nSPS) is 11.6. The van der Waals surface area contributed by atoms with Gasteiger partial charge in [0.25, 0.3) is 0 Å². The van der Waals surface area contributed by atoms with Gasteiger partial charge in [-0.05, 0) is 12.8 Å². The van der Waals surface area contributed by atoms with Crippen LogP contribution in [-0.4, -0.2) is 30.9 Å². The molecule has 0 aliphatic carbocycles. The monoisotopic (exact) mass is 218 g/mol. The highest BCUT2D eigenvalue weighted by Crippen LogP contribution is 2.07. The molecule has 0 saturated carbocycles. The summed E-state index contributed by atoms with van der Waals surface area (Å²) in [7, 11) is 1.88. The minimum Gasteiger partial charge on any atom is -0.356 e. The van der Waals surface area contributed by atoms with Gasteiger partial charge >= 0.3 is 0 Å². The predicted molar refractivity (Wildman–Crippen MR) is 71.1 cm³/mol. The van der Waals surface area contributed by atoms with Crippen LogP contribution in [0, 0.1) is 0 Å². The Morgan fingerprint density at radius 1 is 1.06 bits per heavy atom. The van der Waals surface area contributed by atoms with Crippen molar-refractivity contribution < 1.29 is 0 Å². The van der Waals surface area contributed by atoms with Crippen molar-refractivity contribution in [2.45, 2.75) is 26.7 Å². The Labute approximate surface area is 99.0 Å². The van der Waals surface area contributed by atoms with Crippen molar-refractivity contribution >= 4 is 5.84 Å². The maximum Gasteiger partial charge on any atom is 0.130 e. The highest BCUT2D eigenvalue weighted by Gasteiger charge is 2.10. The first-order valence-corrected chi connectivity index (χ1v) is 6.10. The lowest BCUT2D eigenvalue weighted by molar-refractivity contribution is 0.417. The SMILES string of the molecule is CCCN(CCC)C(=NC)c1ccccc1. The Kier molecular flexibility index (Phi) is 5.62. The molecular weight excluding hydrogens is 196 g/mol. The number of rotatable bonds is 5. The van der Waals surface area contributed by atoms with Gasteiger partial charge in [0, 0.05) is 25.7 Å². The molecular formula is C14H22N2. The first-order valence-electron chi connectivity index (χ1n) is 6.10. The molecule has 0 saturated heterocycles. The minimum absolute atomic E-state index is 1.08. The van der Waals surface area contributed by atoms with Gasteiger partial charge in [0.2, 0.25) is 0 Å². The fourth-order valence-corrected chi connectivity index (χ4v) is 1.90. The summed E-state index contributed by atoms with van der Waals surface area (Å²) in [4.78, 5) is 6.81. The molecule has 0 heterocycles. The summed E-state index contributed by atoms with van der Waals surface area (Å²) in [6.45, 7) is 6.58. The lowest BCUT2D eigenvalue weighted by Gasteiger charge is -2.25. The van der Waals surface area contributed by atoms with Crippen LogP contribution in [-0.2, 0) is 0 Å². The van der Waals surface area contributed by atoms with E-state index in [1.54, 1.807) is 0 Å². The largest absolute Gasteiger partial charge is 0.356 e. The number of benzene rings is 1. The predicted octanol–water partition coefficient (Wildman–Crippen LogP) is 3.19.